The Morgan fingerprint density at radius 2 is 0.958 bits per heavy atom. The highest BCUT2D eigenvalue weighted by atomic mass is 14.3. The van der Waals surface area contributed by atoms with Crippen LogP contribution in [0.15, 0.2) is 36.4 Å². The van der Waals surface area contributed by atoms with Crippen molar-refractivity contribution < 1.29 is 0 Å². The summed E-state index contributed by atoms with van der Waals surface area (Å²) in [5.74, 6) is 0.398. The molecule has 24 heavy (non-hydrogen) atoms. The Labute approximate surface area is 149 Å². The minimum atomic E-state index is 0.155. The molecule has 0 aromatic heterocycles. The second-order valence-electron chi connectivity index (χ2n) is 9.40. The van der Waals surface area contributed by atoms with Crippen molar-refractivity contribution in [3.63, 3.8) is 0 Å². The van der Waals surface area contributed by atoms with Crippen LogP contribution < -0.4 is 0 Å². The molecular weight excluding hydrogens is 288 g/mol. The molecule has 0 saturated carbocycles. The maximum absolute atomic E-state index is 2.37. The van der Waals surface area contributed by atoms with Crippen molar-refractivity contribution >= 4 is 0 Å². The minimum Gasteiger partial charge on any atom is -0.0590 e. The van der Waals surface area contributed by atoms with Crippen LogP contribution in [0, 0.1) is 13.8 Å². The van der Waals surface area contributed by atoms with Crippen LogP contribution in [0.2, 0.25) is 0 Å². The van der Waals surface area contributed by atoms with Gasteiger partial charge in [-0.3, -0.25) is 0 Å². The number of hydrogen-bond acceptors (Lipinski definition) is 0. The molecule has 0 heteroatoms. The third-order valence-corrected chi connectivity index (χ3v) is 4.97. The van der Waals surface area contributed by atoms with Crippen LogP contribution >= 0.6 is 0 Å². The predicted octanol–water partition coefficient (Wildman–Crippen LogP) is 7.05. The van der Waals surface area contributed by atoms with Crippen molar-refractivity contribution in [2.75, 3.05) is 0 Å². The molecule has 0 aliphatic heterocycles. The van der Waals surface area contributed by atoms with Crippen molar-refractivity contribution in [3.8, 4) is 0 Å². The van der Waals surface area contributed by atoms with Crippen LogP contribution in [0.5, 0.6) is 0 Å². The highest BCUT2D eigenvalue weighted by molar-refractivity contribution is 5.47. The second kappa shape index (κ2) is 6.39. The standard InChI is InChI=1S/C24H34/c1-16-10-12-19(21(14-16)23(4,5)6)18(3)20-13-11-17(2)15-22(20)24(7,8)9/h10-15,18H,1-9H3. The van der Waals surface area contributed by atoms with Gasteiger partial charge in [0, 0.05) is 5.92 Å². The Hall–Kier alpha value is -1.56. The van der Waals surface area contributed by atoms with Crippen LogP contribution in [0.3, 0.4) is 0 Å². The van der Waals surface area contributed by atoms with Crippen LogP contribution in [0.25, 0.3) is 0 Å². The molecule has 2 aromatic rings. The summed E-state index contributed by atoms with van der Waals surface area (Å²) in [6.45, 7) is 20.6. The van der Waals surface area contributed by atoms with Crippen LogP contribution in [0.4, 0.5) is 0 Å². The van der Waals surface area contributed by atoms with E-state index in [4.69, 9.17) is 0 Å². The van der Waals surface area contributed by atoms with E-state index in [1.165, 1.54) is 33.4 Å². The summed E-state index contributed by atoms with van der Waals surface area (Å²) in [5, 5.41) is 0. The summed E-state index contributed by atoms with van der Waals surface area (Å²) in [6, 6.07) is 13.9. The quantitative estimate of drug-likeness (QED) is 0.555. The largest absolute Gasteiger partial charge is 0.0590 e. The lowest BCUT2D eigenvalue weighted by atomic mass is 9.74. The van der Waals surface area contributed by atoms with E-state index in [0.717, 1.165) is 0 Å². The normalized spacial score (nSPS) is 12.8. The van der Waals surface area contributed by atoms with Gasteiger partial charge in [-0.1, -0.05) is 96.0 Å². The average molecular weight is 323 g/mol. The third kappa shape index (κ3) is 3.91. The molecule has 0 fully saturated rings. The van der Waals surface area contributed by atoms with Crippen molar-refractivity contribution in [1.29, 1.82) is 0 Å². The van der Waals surface area contributed by atoms with E-state index in [9.17, 15) is 0 Å². The van der Waals surface area contributed by atoms with Gasteiger partial charge in [0.2, 0.25) is 0 Å². The molecule has 0 aliphatic rings. The summed E-state index contributed by atoms with van der Waals surface area (Å²) < 4.78 is 0. The summed E-state index contributed by atoms with van der Waals surface area (Å²) in [4.78, 5) is 0. The molecule has 0 radical (unpaired) electrons. The number of aryl methyl sites for hydroxylation is 2. The first-order chi connectivity index (χ1) is 10.9. The molecule has 0 spiro atoms. The molecule has 2 aromatic carbocycles. The summed E-state index contributed by atoms with van der Waals surface area (Å²) in [6.07, 6.45) is 0. The van der Waals surface area contributed by atoms with E-state index < -0.39 is 0 Å². The molecule has 0 bridgehead atoms. The van der Waals surface area contributed by atoms with E-state index in [1.54, 1.807) is 0 Å². The van der Waals surface area contributed by atoms with Crippen LogP contribution in [-0.2, 0) is 10.8 Å². The third-order valence-electron chi connectivity index (χ3n) is 4.97. The van der Waals surface area contributed by atoms with Crippen molar-refractivity contribution in [1.82, 2.24) is 0 Å². The Bertz CT molecular complexity index is 657. The zero-order chi connectivity index (χ0) is 18.3. The smallest absolute Gasteiger partial charge is 0.00668 e. The molecule has 2 rings (SSSR count). The molecular formula is C24H34. The Morgan fingerprint density at radius 1 is 0.625 bits per heavy atom. The molecule has 0 atom stereocenters. The fourth-order valence-corrected chi connectivity index (χ4v) is 3.56. The molecule has 130 valence electrons. The summed E-state index contributed by atoms with van der Waals surface area (Å²) >= 11 is 0. The van der Waals surface area contributed by atoms with Crippen molar-refractivity contribution in [2.45, 2.75) is 79.1 Å². The molecule has 0 heterocycles. The second-order valence-corrected chi connectivity index (χ2v) is 9.40. The first-order valence-electron chi connectivity index (χ1n) is 9.13. The fraction of sp³-hybridized carbons (Fsp3) is 0.500. The highest BCUT2D eigenvalue weighted by Crippen LogP contribution is 2.38. The van der Waals surface area contributed by atoms with E-state index in [1.807, 2.05) is 0 Å². The summed E-state index contributed by atoms with van der Waals surface area (Å²) in [5.41, 5.74) is 8.85. The first kappa shape index (κ1) is 18.8. The monoisotopic (exact) mass is 322 g/mol. The number of hydrogen-bond donors (Lipinski definition) is 0. The Kier molecular flexibility index (Phi) is 5.00. The van der Waals surface area contributed by atoms with Gasteiger partial charge < -0.3 is 0 Å². The van der Waals surface area contributed by atoms with Gasteiger partial charge in [-0.2, -0.15) is 0 Å². The Balaban J connectivity index is 2.65. The Morgan fingerprint density at radius 3 is 1.25 bits per heavy atom. The minimum absolute atomic E-state index is 0.155. The average Bonchev–Trinajstić information content (AvgIpc) is 2.44. The highest BCUT2D eigenvalue weighted by Gasteiger charge is 2.26. The maximum Gasteiger partial charge on any atom is 0.00668 e. The van der Waals surface area contributed by atoms with Gasteiger partial charge in [-0.25, -0.2) is 0 Å². The van der Waals surface area contributed by atoms with Gasteiger partial charge in [0.15, 0.2) is 0 Å². The lowest BCUT2D eigenvalue weighted by molar-refractivity contribution is 0.567. The van der Waals surface area contributed by atoms with E-state index >= 15 is 0 Å². The van der Waals surface area contributed by atoms with Gasteiger partial charge in [0.25, 0.3) is 0 Å². The molecule has 0 aliphatic carbocycles. The number of benzene rings is 2. The van der Waals surface area contributed by atoms with Crippen LogP contribution in [-0.4, -0.2) is 0 Å². The van der Waals surface area contributed by atoms with Gasteiger partial charge in [0.05, 0.1) is 0 Å². The van der Waals surface area contributed by atoms with E-state index in [2.05, 4.69) is 98.7 Å². The zero-order valence-corrected chi connectivity index (χ0v) is 17.0. The van der Waals surface area contributed by atoms with Gasteiger partial charge in [-0.05, 0) is 46.9 Å². The molecule has 0 saturated heterocycles. The van der Waals surface area contributed by atoms with Gasteiger partial charge >= 0.3 is 0 Å². The van der Waals surface area contributed by atoms with Crippen LogP contribution in [0.1, 0.15) is 87.8 Å². The maximum atomic E-state index is 2.37. The fourth-order valence-electron chi connectivity index (χ4n) is 3.56. The lowest BCUT2D eigenvalue weighted by Crippen LogP contribution is -2.19. The number of rotatable bonds is 2. The molecule has 0 amide bonds. The lowest BCUT2D eigenvalue weighted by Gasteiger charge is -2.30. The van der Waals surface area contributed by atoms with E-state index in [-0.39, 0.29) is 10.8 Å². The first-order valence-corrected chi connectivity index (χ1v) is 9.13. The topological polar surface area (TPSA) is 0 Å². The van der Waals surface area contributed by atoms with Crippen molar-refractivity contribution in [2.24, 2.45) is 0 Å². The van der Waals surface area contributed by atoms with Crippen molar-refractivity contribution in [3.05, 3.63) is 69.8 Å². The molecule has 0 N–H and O–H groups in total. The van der Waals surface area contributed by atoms with Gasteiger partial charge in [0.1, 0.15) is 0 Å². The molecule has 0 unspecified atom stereocenters. The molecule has 0 nitrogen and oxygen atoms in total. The predicted molar refractivity (Wildman–Crippen MR) is 107 cm³/mol. The SMILES string of the molecule is Cc1ccc(C(C)c2ccc(C)cc2C(C)(C)C)c(C(C)(C)C)c1. The van der Waals surface area contributed by atoms with Gasteiger partial charge in [-0.15, -0.1) is 0 Å². The summed E-state index contributed by atoms with van der Waals surface area (Å²) in [7, 11) is 0. The van der Waals surface area contributed by atoms with E-state index in [0.29, 0.717) is 5.92 Å². The zero-order valence-electron chi connectivity index (χ0n) is 17.0.